The highest BCUT2D eigenvalue weighted by atomic mass is 32.2. The summed E-state index contributed by atoms with van der Waals surface area (Å²) in [7, 11) is -4.16. The van der Waals surface area contributed by atoms with E-state index in [0.717, 1.165) is 18.2 Å². The molecule has 2 N–H and O–H groups in total. The molecule has 0 amide bonds. The number of halogens is 1. The third-order valence-electron chi connectivity index (χ3n) is 1.76. The standard InChI is InChI=1S/C9H10FNO4S/c1-2-15-9(12)8-6(10)4-3-5-7(8)16(11,13)14/h3-5H,2H2,1H3,(H2,11,13,14). The van der Waals surface area contributed by atoms with Crippen LogP contribution in [0.1, 0.15) is 17.3 Å². The minimum atomic E-state index is -4.16. The number of esters is 1. The van der Waals surface area contributed by atoms with E-state index in [0.29, 0.717) is 0 Å². The van der Waals surface area contributed by atoms with E-state index < -0.39 is 32.3 Å². The lowest BCUT2D eigenvalue weighted by atomic mass is 10.2. The maximum Gasteiger partial charge on any atom is 0.342 e. The lowest BCUT2D eigenvalue weighted by Crippen LogP contribution is -2.19. The molecule has 0 aliphatic carbocycles. The predicted octanol–water partition coefficient (Wildman–Crippen LogP) is 0.650. The van der Waals surface area contributed by atoms with Crippen molar-refractivity contribution in [3.8, 4) is 0 Å². The van der Waals surface area contributed by atoms with Crippen molar-refractivity contribution >= 4 is 16.0 Å². The number of rotatable bonds is 3. The fourth-order valence-electron chi connectivity index (χ4n) is 1.14. The van der Waals surface area contributed by atoms with Crippen molar-refractivity contribution < 1.29 is 22.3 Å². The van der Waals surface area contributed by atoms with E-state index in [1.54, 1.807) is 0 Å². The molecule has 1 aromatic carbocycles. The summed E-state index contributed by atoms with van der Waals surface area (Å²) < 4.78 is 40.1. The molecule has 0 saturated heterocycles. The Labute approximate surface area is 92.1 Å². The number of hydrogen-bond acceptors (Lipinski definition) is 4. The molecule has 0 radical (unpaired) electrons. The van der Waals surface area contributed by atoms with Crippen LogP contribution in [0, 0.1) is 5.82 Å². The first-order valence-corrected chi connectivity index (χ1v) is 5.91. The Morgan fingerprint density at radius 3 is 2.62 bits per heavy atom. The number of primary sulfonamides is 1. The molecule has 0 atom stereocenters. The Kier molecular flexibility index (Phi) is 3.61. The van der Waals surface area contributed by atoms with Crippen LogP contribution in [0.25, 0.3) is 0 Å². The van der Waals surface area contributed by atoms with Gasteiger partial charge in [0.15, 0.2) is 0 Å². The molecule has 1 rings (SSSR count). The van der Waals surface area contributed by atoms with Crippen molar-refractivity contribution in [2.45, 2.75) is 11.8 Å². The summed E-state index contributed by atoms with van der Waals surface area (Å²) in [6.07, 6.45) is 0. The van der Waals surface area contributed by atoms with E-state index in [2.05, 4.69) is 4.74 Å². The molecule has 0 aromatic heterocycles. The molecule has 0 aliphatic rings. The number of sulfonamides is 1. The number of nitrogens with two attached hydrogens (primary N) is 1. The molecule has 7 heteroatoms. The molecule has 0 spiro atoms. The monoisotopic (exact) mass is 247 g/mol. The van der Waals surface area contributed by atoms with Crippen LogP contribution >= 0.6 is 0 Å². The van der Waals surface area contributed by atoms with Gasteiger partial charge in [0.05, 0.1) is 11.5 Å². The first-order valence-electron chi connectivity index (χ1n) is 4.36. The van der Waals surface area contributed by atoms with Crippen molar-refractivity contribution in [1.82, 2.24) is 0 Å². The second-order valence-electron chi connectivity index (χ2n) is 2.88. The highest BCUT2D eigenvalue weighted by Crippen LogP contribution is 2.18. The van der Waals surface area contributed by atoms with Gasteiger partial charge in [-0.3, -0.25) is 0 Å². The number of ether oxygens (including phenoxy) is 1. The van der Waals surface area contributed by atoms with Crippen molar-refractivity contribution in [3.63, 3.8) is 0 Å². The number of carbonyl (C=O) groups is 1. The summed E-state index contributed by atoms with van der Waals surface area (Å²) in [5.41, 5.74) is -0.660. The molecule has 88 valence electrons. The van der Waals surface area contributed by atoms with E-state index in [9.17, 15) is 17.6 Å². The van der Waals surface area contributed by atoms with Crippen LogP contribution in [0.15, 0.2) is 23.1 Å². The molecule has 0 heterocycles. The zero-order valence-electron chi connectivity index (χ0n) is 8.44. The van der Waals surface area contributed by atoms with Gasteiger partial charge in [-0.25, -0.2) is 22.7 Å². The minimum Gasteiger partial charge on any atom is -0.462 e. The molecule has 16 heavy (non-hydrogen) atoms. The van der Waals surface area contributed by atoms with Gasteiger partial charge in [0.25, 0.3) is 0 Å². The smallest absolute Gasteiger partial charge is 0.342 e. The largest absolute Gasteiger partial charge is 0.462 e. The summed E-state index contributed by atoms with van der Waals surface area (Å²) >= 11 is 0. The third kappa shape index (κ3) is 2.56. The number of hydrogen-bond donors (Lipinski definition) is 1. The van der Waals surface area contributed by atoms with Crippen molar-refractivity contribution in [2.24, 2.45) is 5.14 Å². The van der Waals surface area contributed by atoms with E-state index >= 15 is 0 Å². The van der Waals surface area contributed by atoms with Crippen LogP contribution in [0.5, 0.6) is 0 Å². The van der Waals surface area contributed by atoms with E-state index in [1.807, 2.05) is 0 Å². The third-order valence-corrected chi connectivity index (χ3v) is 2.71. The second kappa shape index (κ2) is 4.58. The van der Waals surface area contributed by atoms with Gasteiger partial charge in [0.1, 0.15) is 11.4 Å². The summed E-state index contributed by atoms with van der Waals surface area (Å²) in [5, 5.41) is 4.86. The average Bonchev–Trinajstić information content (AvgIpc) is 2.16. The van der Waals surface area contributed by atoms with Crippen LogP contribution in [0.3, 0.4) is 0 Å². The Morgan fingerprint density at radius 1 is 1.50 bits per heavy atom. The lowest BCUT2D eigenvalue weighted by Gasteiger charge is -2.07. The Hall–Kier alpha value is -1.47. The van der Waals surface area contributed by atoms with Gasteiger partial charge in [0, 0.05) is 0 Å². The van der Waals surface area contributed by atoms with Crippen LogP contribution < -0.4 is 5.14 Å². The molecule has 5 nitrogen and oxygen atoms in total. The highest BCUT2D eigenvalue weighted by Gasteiger charge is 2.23. The summed E-state index contributed by atoms with van der Waals surface area (Å²) in [5.74, 6) is -2.03. The van der Waals surface area contributed by atoms with Gasteiger partial charge < -0.3 is 4.74 Å². The number of benzene rings is 1. The summed E-state index contributed by atoms with van der Waals surface area (Å²) in [4.78, 5) is 10.8. The van der Waals surface area contributed by atoms with E-state index in [-0.39, 0.29) is 6.61 Å². The van der Waals surface area contributed by atoms with Gasteiger partial charge in [-0.15, -0.1) is 0 Å². The quantitative estimate of drug-likeness (QED) is 0.794. The molecule has 0 saturated carbocycles. The van der Waals surface area contributed by atoms with Gasteiger partial charge in [0.2, 0.25) is 10.0 Å². The van der Waals surface area contributed by atoms with Crippen LogP contribution in [0.4, 0.5) is 4.39 Å². The normalized spacial score (nSPS) is 11.2. The number of carbonyl (C=O) groups excluding carboxylic acids is 1. The molecule has 0 bridgehead atoms. The van der Waals surface area contributed by atoms with Gasteiger partial charge in [-0.2, -0.15) is 0 Å². The fraction of sp³-hybridized carbons (Fsp3) is 0.222. The molecular formula is C9H10FNO4S. The molecular weight excluding hydrogens is 237 g/mol. The zero-order chi connectivity index (χ0) is 12.3. The van der Waals surface area contributed by atoms with E-state index in [1.165, 1.54) is 6.92 Å². The Morgan fingerprint density at radius 2 is 2.12 bits per heavy atom. The van der Waals surface area contributed by atoms with Gasteiger partial charge in [-0.05, 0) is 19.1 Å². The highest BCUT2D eigenvalue weighted by molar-refractivity contribution is 7.89. The average molecular weight is 247 g/mol. The molecule has 0 fully saturated rings. The van der Waals surface area contributed by atoms with Crippen molar-refractivity contribution in [3.05, 3.63) is 29.6 Å². The molecule has 1 aromatic rings. The fourth-order valence-corrected chi connectivity index (χ4v) is 1.88. The molecule has 0 unspecified atom stereocenters. The van der Waals surface area contributed by atoms with Gasteiger partial charge in [-0.1, -0.05) is 6.07 Å². The second-order valence-corrected chi connectivity index (χ2v) is 4.41. The van der Waals surface area contributed by atoms with Crippen molar-refractivity contribution in [2.75, 3.05) is 6.61 Å². The van der Waals surface area contributed by atoms with Gasteiger partial charge >= 0.3 is 5.97 Å². The Bertz CT molecular complexity index is 512. The first-order chi connectivity index (χ1) is 7.38. The summed E-state index contributed by atoms with van der Waals surface area (Å²) in [6, 6.07) is 3.16. The Balaban J connectivity index is 3.41. The summed E-state index contributed by atoms with van der Waals surface area (Å²) in [6.45, 7) is 1.53. The van der Waals surface area contributed by atoms with Crippen LogP contribution in [-0.2, 0) is 14.8 Å². The zero-order valence-corrected chi connectivity index (χ0v) is 9.25. The van der Waals surface area contributed by atoms with Crippen LogP contribution in [0.2, 0.25) is 0 Å². The first kappa shape index (κ1) is 12.6. The maximum atomic E-state index is 13.3. The SMILES string of the molecule is CCOC(=O)c1c(F)cccc1S(N)(=O)=O. The minimum absolute atomic E-state index is 0.0111. The predicted molar refractivity (Wildman–Crippen MR) is 53.7 cm³/mol. The molecule has 0 aliphatic heterocycles. The van der Waals surface area contributed by atoms with Crippen molar-refractivity contribution in [1.29, 1.82) is 0 Å². The van der Waals surface area contributed by atoms with Crippen LogP contribution in [-0.4, -0.2) is 21.0 Å². The maximum absolute atomic E-state index is 13.3. The topological polar surface area (TPSA) is 86.5 Å². The van der Waals surface area contributed by atoms with E-state index in [4.69, 9.17) is 5.14 Å². The lowest BCUT2D eigenvalue weighted by molar-refractivity contribution is 0.0516.